The van der Waals surface area contributed by atoms with Crippen LogP contribution in [0.25, 0.3) is 0 Å². The van der Waals surface area contributed by atoms with Crippen molar-refractivity contribution in [3.8, 4) is 0 Å². The third-order valence-electron chi connectivity index (χ3n) is 4.11. The molecule has 1 aliphatic heterocycles. The maximum Gasteiger partial charge on any atom is 0.254 e. The summed E-state index contributed by atoms with van der Waals surface area (Å²) in [5, 5.41) is 3.34. The highest BCUT2D eigenvalue weighted by molar-refractivity contribution is 5.95. The summed E-state index contributed by atoms with van der Waals surface area (Å²) in [4.78, 5) is 14.8. The van der Waals surface area contributed by atoms with Gasteiger partial charge in [-0.25, -0.2) is 0 Å². The van der Waals surface area contributed by atoms with E-state index >= 15 is 0 Å². The lowest BCUT2D eigenvalue weighted by molar-refractivity contribution is 0.0765. The van der Waals surface area contributed by atoms with E-state index in [0.717, 1.165) is 50.1 Å². The fraction of sp³-hybridized carbons (Fsp3) is 0.316. The number of amides is 1. The molecule has 1 N–H and O–H groups in total. The SMILES string of the molecule is Cl.O=C(c1ccccc1Cc1ccccc1)N1CCCNCC1. The highest BCUT2D eigenvalue weighted by atomic mass is 35.5. The van der Waals surface area contributed by atoms with Crippen molar-refractivity contribution in [3.05, 3.63) is 71.3 Å². The van der Waals surface area contributed by atoms with E-state index in [9.17, 15) is 4.79 Å². The molecule has 2 aromatic carbocycles. The standard InChI is InChI=1S/C19H22N2O.ClH/c22-19(21-13-6-11-20-12-14-21)18-10-5-4-9-17(18)15-16-7-2-1-3-8-16;/h1-5,7-10,20H,6,11-15H2;1H. The Labute approximate surface area is 144 Å². The van der Waals surface area contributed by atoms with Gasteiger partial charge in [-0.1, -0.05) is 48.5 Å². The lowest BCUT2D eigenvalue weighted by Gasteiger charge is -2.21. The van der Waals surface area contributed by atoms with Crippen molar-refractivity contribution in [3.63, 3.8) is 0 Å². The minimum Gasteiger partial charge on any atom is -0.337 e. The minimum atomic E-state index is 0. The number of nitrogens with one attached hydrogen (secondary N) is 1. The summed E-state index contributed by atoms with van der Waals surface area (Å²) >= 11 is 0. The lowest BCUT2D eigenvalue weighted by Crippen LogP contribution is -2.34. The highest BCUT2D eigenvalue weighted by Gasteiger charge is 2.19. The molecule has 4 heteroatoms. The Morgan fingerprint density at radius 1 is 0.957 bits per heavy atom. The Morgan fingerprint density at radius 2 is 1.70 bits per heavy atom. The zero-order valence-electron chi connectivity index (χ0n) is 13.2. The molecule has 2 aromatic rings. The monoisotopic (exact) mass is 330 g/mol. The number of hydrogen-bond donors (Lipinski definition) is 1. The van der Waals surface area contributed by atoms with Crippen molar-refractivity contribution < 1.29 is 4.79 Å². The number of benzene rings is 2. The minimum absolute atomic E-state index is 0. The molecule has 122 valence electrons. The Bertz CT molecular complexity index is 622. The number of hydrogen-bond acceptors (Lipinski definition) is 2. The van der Waals surface area contributed by atoms with Gasteiger partial charge in [-0.3, -0.25) is 4.79 Å². The fourth-order valence-corrected chi connectivity index (χ4v) is 2.92. The van der Waals surface area contributed by atoms with Gasteiger partial charge in [-0.2, -0.15) is 0 Å². The van der Waals surface area contributed by atoms with Gasteiger partial charge < -0.3 is 10.2 Å². The van der Waals surface area contributed by atoms with Gasteiger partial charge in [0.25, 0.3) is 5.91 Å². The largest absolute Gasteiger partial charge is 0.337 e. The Morgan fingerprint density at radius 3 is 2.52 bits per heavy atom. The Balaban J connectivity index is 0.00000192. The average molecular weight is 331 g/mol. The van der Waals surface area contributed by atoms with Gasteiger partial charge in [0.15, 0.2) is 0 Å². The van der Waals surface area contributed by atoms with Gasteiger partial charge in [0.1, 0.15) is 0 Å². The maximum absolute atomic E-state index is 12.9. The lowest BCUT2D eigenvalue weighted by atomic mass is 9.99. The van der Waals surface area contributed by atoms with Crippen molar-refractivity contribution in [1.82, 2.24) is 10.2 Å². The summed E-state index contributed by atoms with van der Waals surface area (Å²) in [6.07, 6.45) is 1.82. The van der Waals surface area contributed by atoms with E-state index in [0.29, 0.717) is 0 Å². The predicted octanol–water partition coefficient (Wildman–Crippen LogP) is 3.13. The van der Waals surface area contributed by atoms with Crippen molar-refractivity contribution in [2.24, 2.45) is 0 Å². The smallest absolute Gasteiger partial charge is 0.254 e. The van der Waals surface area contributed by atoms with E-state index in [2.05, 4.69) is 23.5 Å². The highest BCUT2D eigenvalue weighted by Crippen LogP contribution is 2.17. The molecule has 3 nitrogen and oxygen atoms in total. The third-order valence-corrected chi connectivity index (χ3v) is 4.11. The zero-order chi connectivity index (χ0) is 15.2. The van der Waals surface area contributed by atoms with Crippen LogP contribution < -0.4 is 5.32 Å². The molecule has 0 atom stereocenters. The molecule has 1 fully saturated rings. The van der Waals surface area contributed by atoms with Crippen LogP contribution in [-0.2, 0) is 6.42 Å². The molecule has 0 spiro atoms. The molecule has 0 unspecified atom stereocenters. The predicted molar refractivity (Wildman–Crippen MR) is 96.3 cm³/mol. The van der Waals surface area contributed by atoms with Crippen LogP contribution in [0.1, 0.15) is 27.9 Å². The van der Waals surface area contributed by atoms with Crippen LogP contribution in [0.4, 0.5) is 0 Å². The molecule has 0 bridgehead atoms. The zero-order valence-corrected chi connectivity index (χ0v) is 14.0. The van der Waals surface area contributed by atoms with Gasteiger partial charge in [0.2, 0.25) is 0 Å². The number of carbonyl (C=O) groups is 1. The van der Waals surface area contributed by atoms with E-state index in [-0.39, 0.29) is 18.3 Å². The molecule has 23 heavy (non-hydrogen) atoms. The van der Waals surface area contributed by atoms with Gasteiger partial charge in [0, 0.05) is 25.2 Å². The van der Waals surface area contributed by atoms with Gasteiger partial charge >= 0.3 is 0 Å². The Kier molecular flexibility index (Phi) is 6.63. The normalized spacial score (nSPS) is 14.7. The first-order valence-electron chi connectivity index (χ1n) is 7.96. The number of nitrogens with zero attached hydrogens (tertiary/aromatic N) is 1. The second-order valence-electron chi connectivity index (χ2n) is 5.72. The number of carbonyl (C=O) groups excluding carboxylic acids is 1. The van der Waals surface area contributed by atoms with Crippen molar-refractivity contribution >= 4 is 18.3 Å². The topological polar surface area (TPSA) is 32.3 Å². The summed E-state index contributed by atoms with van der Waals surface area (Å²) in [6, 6.07) is 18.3. The molecule has 1 aliphatic rings. The first-order valence-corrected chi connectivity index (χ1v) is 7.96. The van der Waals surface area contributed by atoms with Crippen LogP contribution in [-0.4, -0.2) is 37.0 Å². The van der Waals surface area contributed by atoms with Crippen LogP contribution >= 0.6 is 12.4 Å². The summed E-state index contributed by atoms with van der Waals surface area (Å²) in [5.41, 5.74) is 3.18. The van der Waals surface area contributed by atoms with Crippen molar-refractivity contribution in [2.75, 3.05) is 26.2 Å². The first-order chi connectivity index (χ1) is 10.8. The average Bonchev–Trinajstić information content (AvgIpc) is 2.85. The van der Waals surface area contributed by atoms with Crippen LogP contribution in [0.2, 0.25) is 0 Å². The molecule has 0 aromatic heterocycles. The molecule has 0 saturated carbocycles. The fourth-order valence-electron chi connectivity index (χ4n) is 2.92. The molecule has 1 heterocycles. The van der Waals surface area contributed by atoms with E-state index in [4.69, 9.17) is 0 Å². The second-order valence-corrected chi connectivity index (χ2v) is 5.72. The molecular weight excluding hydrogens is 308 g/mol. The number of halogens is 1. The van der Waals surface area contributed by atoms with Crippen LogP contribution in [0, 0.1) is 0 Å². The van der Waals surface area contributed by atoms with Gasteiger partial charge in [0.05, 0.1) is 0 Å². The van der Waals surface area contributed by atoms with Crippen LogP contribution in [0.15, 0.2) is 54.6 Å². The molecule has 3 rings (SSSR count). The molecule has 1 saturated heterocycles. The molecular formula is C19H23ClN2O. The van der Waals surface area contributed by atoms with Crippen molar-refractivity contribution in [1.29, 1.82) is 0 Å². The first kappa shape index (κ1) is 17.5. The maximum atomic E-state index is 12.9. The second kappa shape index (κ2) is 8.70. The molecule has 0 aliphatic carbocycles. The molecule has 1 amide bonds. The van der Waals surface area contributed by atoms with Crippen LogP contribution in [0.5, 0.6) is 0 Å². The summed E-state index contributed by atoms with van der Waals surface area (Å²) in [6.45, 7) is 3.51. The van der Waals surface area contributed by atoms with Gasteiger partial charge in [-0.15, -0.1) is 12.4 Å². The van der Waals surface area contributed by atoms with E-state index < -0.39 is 0 Å². The van der Waals surface area contributed by atoms with Gasteiger partial charge in [-0.05, 0) is 36.6 Å². The summed E-state index contributed by atoms with van der Waals surface area (Å²) < 4.78 is 0. The third kappa shape index (κ3) is 4.57. The van der Waals surface area contributed by atoms with Crippen LogP contribution in [0.3, 0.4) is 0 Å². The number of rotatable bonds is 3. The Hall–Kier alpha value is -1.84. The summed E-state index contributed by atoms with van der Waals surface area (Å²) in [7, 11) is 0. The quantitative estimate of drug-likeness (QED) is 0.937. The van der Waals surface area contributed by atoms with E-state index in [1.165, 1.54) is 5.56 Å². The van der Waals surface area contributed by atoms with Crippen molar-refractivity contribution in [2.45, 2.75) is 12.8 Å². The van der Waals surface area contributed by atoms with E-state index in [1.807, 2.05) is 41.3 Å². The molecule has 0 radical (unpaired) electrons. The summed E-state index contributed by atoms with van der Waals surface area (Å²) in [5.74, 6) is 0.162. The van der Waals surface area contributed by atoms with E-state index in [1.54, 1.807) is 0 Å².